The zero-order valence-corrected chi connectivity index (χ0v) is 55.7. The number of nitrogens with zero attached hydrogens (tertiary/aromatic N) is 2. The molecular weight excluding hydrogens is 1130 g/mol. The summed E-state index contributed by atoms with van der Waals surface area (Å²) >= 11 is 0. The number of carbonyl (C=O) groups excluding carboxylic acids is 5. The van der Waals surface area contributed by atoms with Gasteiger partial charge < -0.3 is 74.9 Å². The van der Waals surface area contributed by atoms with Gasteiger partial charge >= 0.3 is 6.09 Å². The molecule has 4 atom stereocenters. The molecule has 0 saturated heterocycles. The van der Waals surface area contributed by atoms with Crippen LogP contribution in [0.3, 0.4) is 0 Å². The van der Waals surface area contributed by atoms with E-state index in [9.17, 15) is 29.1 Å². The van der Waals surface area contributed by atoms with Crippen LogP contribution in [0.15, 0.2) is 84.2 Å². The Morgan fingerprint density at radius 2 is 1.19 bits per heavy atom. The van der Waals surface area contributed by atoms with Gasteiger partial charge in [0, 0.05) is 41.6 Å². The monoisotopic (exact) mass is 1230 g/mol. The van der Waals surface area contributed by atoms with E-state index < -0.39 is 46.6 Å². The normalized spacial score (nSPS) is 16.3. The number of nitrogens with one attached hydrogen (secondary N) is 3. The number of methoxy groups -OCH3 is 2. The van der Waals surface area contributed by atoms with Crippen molar-refractivity contribution in [3.8, 4) is 23.0 Å². The van der Waals surface area contributed by atoms with Crippen LogP contribution in [0.25, 0.3) is 0 Å². The van der Waals surface area contributed by atoms with Crippen molar-refractivity contribution in [1.29, 1.82) is 0 Å². The minimum atomic E-state index is -2.22. The first-order valence-electron chi connectivity index (χ1n) is 29.7. The Kier molecular flexibility index (Phi) is 24.9. The van der Waals surface area contributed by atoms with Crippen LogP contribution < -0.4 is 46.4 Å². The Hall–Kier alpha value is -6.86. The van der Waals surface area contributed by atoms with E-state index in [1.54, 1.807) is 78.3 Å². The number of unbranched alkanes of at least 4 members (excludes halogenated alkanes) is 2. The molecule has 0 fully saturated rings. The molecule has 0 radical (unpaired) electrons. The summed E-state index contributed by atoms with van der Waals surface area (Å²) in [7, 11) is -1.21. The molecule has 8 N–H and O–H groups in total. The van der Waals surface area contributed by atoms with E-state index in [0.29, 0.717) is 97.6 Å². The Morgan fingerprint density at radius 3 is 1.66 bits per heavy atom. The molecule has 3 aromatic carbocycles. The first-order valence-corrected chi connectivity index (χ1v) is 35.5. The third-order valence-electron chi connectivity index (χ3n) is 16.6. The summed E-state index contributed by atoms with van der Waals surface area (Å²) in [5.41, 5.74) is 17.5. The largest absolute Gasteiger partial charge is 0.493 e. The molecule has 5 amide bonds. The van der Waals surface area contributed by atoms with Crippen LogP contribution >= 0.6 is 0 Å². The number of aliphatic hydroxyl groups excluding tert-OH is 1. The predicted molar refractivity (Wildman–Crippen MR) is 342 cm³/mol. The highest BCUT2D eigenvalue weighted by atomic mass is 28.4. The van der Waals surface area contributed by atoms with Crippen molar-refractivity contribution >= 4 is 63.4 Å². The van der Waals surface area contributed by atoms with Gasteiger partial charge in [0.2, 0.25) is 11.8 Å². The van der Waals surface area contributed by atoms with Crippen LogP contribution in [-0.4, -0.2) is 133 Å². The fourth-order valence-corrected chi connectivity index (χ4v) is 11.1. The second kappa shape index (κ2) is 30.7. The van der Waals surface area contributed by atoms with E-state index in [4.69, 9.17) is 44.0 Å². The number of hydrogen-bond acceptors (Lipinski definition) is 15. The van der Waals surface area contributed by atoms with Gasteiger partial charge in [-0.2, -0.15) is 0 Å². The van der Waals surface area contributed by atoms with Gasteiger partial charge in [-0.05, 0) is 130 Å². The van der Waals surface area contributed by atoms with Crippen LogP contribution in [0.2, 0.25) is 36.3 Å². The Labute approximate surface area is 512 Å². The number of allylic oxidation sites excluding steroid dienone is 1. The maximum absolute atomic E-state index is 14.5. The van der Waals surface area contributed by atoms with Crippen molar-refractivity contribution in [3.05, 3.63) is 101 Å². The maximum Gasteiger partial charge on any atom is 0.408 e. The van der Waals surface area contributed by atoms with Gasteiger partial charge in [-0.25, -0.2) is 4.79 Å². The second-order valence-corrected chi connectivity index (χ2v) is 35.3. The number of benzene rings is 3. The molecule has 20 nitrogen and oxygen atoms in total. The summed E-state index contributed by atoms with van der Waals surface area (Å²) < 4.78 is 42.3. The average Bonchev–Trinajstić information content (AvgIpc) is 2.08. The number of alkyl carbamates (subject to hydrolysis) is 1. The second-order valence-electron chi connectivity index (χ2n) is 25.7. The van der Waals surface area contributed by atoms with Crippen molar-refractivity contribution in [1.82, 2.24) is 20.4 Å². The summed E-state index contributed by atoms with van der Waals surface area (Å²) in [6.45, 7) is 30.2. The quantitative estimate of drug-likeness (QED) is 0.0163. The molecule has 0 saturated carbocycles. The van der Waals surface area contributed by atoms with Crippen LogP contribution in [0, 0.1) is 5.92 Å². The van der Waals surface area contributed by atoms with E-state index in [1.165, 1.54) is 21.1 Å². The number of amides is 5. The lowest BCUT2D eigenvalue weighted by atomic mass is 10.0. The van der Waals surface area contributed by atoms with Gasteiger partial charge in [-0.15, -0.1) is 0 Å². The summed E-state index contributed by atoms with van der Waals surface area (Å²) in [6, 6.07) is 10.8. The average molecular weight is 1230 g/mol. The van der Waals surface area contributed by atoms with Gasteiger partial charge in [0.25, 0.3) is 11.8 Å². The Morgan fingerprint density at radius 1 is 0.686 bits per heavy atom. The number of nitrogen functional groups attached to an aromatic ring is 2. The van der Waals surface area contributed by atoms with Crippen molar-refractivity contribution in [2.75, 3.05) is 64.0 Å². The summed E-state index contributed by atoms with van der Waals surface area (Å²) in [4.78, 5) is 70.9. The van der Waals surface area contributed by atoms with E-state index in [2.05, 4.69) is 83.7 Å². The van der Waals surface area contributed by atoms with E-state index in [-0.39, 0.29) is 64.4 Å². The zero-order valence-electron chi connectivity index (χ0n) is 53.7. The van der Waals surface area contributed by atoms with E-state index in [0.717, 1.165) is 24.0 Å². The molecule has 2 heterocycles. The van der Waals surface area contributed by atoms with Crippen molar-refractivity contribution in [3.63, 3.8) is 0 Å². The number of hydrogen-bond donors (Lipinski definition) is 6. The third-order valence-corrected chi connectivity index (χ3v) is 25.6. The summed E-state index contributed by atoms with van der Waals surface area (Å²) in [5, 5.41) is 17.3. The first kappa shape index (κ1) is 69.9. The molecule has 5 rings (SSSR count). The molecule has 86 heavy (non-hydrogen) atoms. The highest BCUT2D eigenvalue weighted by molar-refractivity contribution is 6.74. The fourth-order valence-electron chi connectivity index (χ4n) is 9.06. The molecule has 2 aliphatic heterocycles. The van der Waals surface area contributed by atoms with Crippen molar-refractivity contribution < 1.29 is 61.6 Å². The van der Waals surface area contributed by atoms with Crippen LogP contribution in [0.4, 0.5) is 21.9 Å². The topological polar surface area (TPSA) is 265 Å². The smallest absolute Gasteiger partial charge is 0.408 e. The summed E-state index contributed by atoms with van der Waals surface area (Å²) in [5.74, 6) is -0.262. The highest BCUT2D eigenvalue weighted by Gasteiger charge is 2.41. The minimum absolute atomic E-state index is 0.0433. The molecule has 474 valence electrons. The van der Waals surface area contributed by atoms with Crippen LogP contribution in [0.1, 0.15) is 134 Å². The molecule has 1 unspecified atom stereocenters. The van der Waals surface area contributed by atoms with Gasteiger partial charge in [0.15, 0.2) is 39.6 Å². The van der Waals surface area contributed by atoms with Gasteiger partial charge in [0.05, 0.1) is 70.5 Å². The third kappa shape index (κ3) is 19.1. The molecule has 0 spiro atoms. The standard InChI is InChI=1S/C64H97N7O13Si2/c1-41(2)57(59(74)67-43(4)58(73)68-46-25-23-44(38-72)24-26-46)69-62(77)82-29-21-18-22-45-31-48(40-84-86(15,16)64(8,9)10)71(37-45)61(76)50-33-54(79-12)56(35-52(50)66)81-28-20-17-19-27-80-55-34-51(65)49(32-53(55)78-11)60(75)70-36-42(3)30-47(70)39-83-85(13,14)63(5,6)7/h18,21,23-26,32-37,41,43,47-48,57,72H,17,19-20,22,27-31,38-40,65-66H2,1-16H3,(H,67,74)(H,68,73)(H,69,77)/b21-18+/t43-,47?,48-,57-/m0/s1. The lowest BCUT2D eigenvalue weighted by Crippen LogP contribution is -2.53. The lowest BCUT2D eigenvalue weighted by Gasteiger charge is -2.38. The lowest BCUT2D eigenvalue weighted by molar-refractivity contribution is -0.128. The number of nitrogens with two attached hydrogens (primary N) is 2. The van der Waals surface area contributed by atoms with Crippen LogP contribution in [0.5, 0.6) is 23.0 Å². The van der Waals surface area contributed by atoms with Gasteiger partial charge in [-0.3, -0.25) is 19.2 Å². The number of aliphatic hydroxyl groups is 1. The van der Waals surface area contributed by atoms with Crippen LogP contribution in [-0.2, 0) is 29.8 Å². The number of anilines is 3. The number of rotatable bonds is 29. The molecule has 0 aliphatic carbocycles. The van der Waals surface area contributed by atoms with Crippen molar-refractivity contribution in [2.24, 2.45) is 5.92 Å². The molecule has 0 aromatic heterocycles. The van der Waals surface area contributed by atoms with E-state index in [1.807, 2.05) is 25.4 Å². The SMILES string of the molecule is COc1cc(C(=O)N2C=C(C)CC2CO[Si](C)(C)C(C)(C)C)c(N)cc1OCCCCCOc1cc(N)c(C(=O)N2C=C(C/C=C/COC(=O)N[C@H](C(=O)N[C@@H](C)C(=O)Nc3ccc(CO)cc3)C(C)C)C[C@H]2CO[Si](C)(C)C(C)(C)C)cc1OC. The molecule has 22 heteroatoms. The maximum atomic E-state index is 14.5. The molecule has 3 aromatic rings. The Bertz CT molecular complexity index is 2930. The van der Waals surface area contributed by atoms with Crippen molar-refractivity contribution in [2.45, 2.75) is 175 Å². The Balaban J connectivity index is 1.14. The van der Waals surface area contributed by atoms with E-state index >= 15 is 0 Å². The first-order chi connectivity index (χ1) is 40.3. The predicted octanol–water partition coefficient (Wildman–Crippen LogP) is 11.1. The number of ether oxygens (including phenoxy) is 5. The molecule has 2 aliphatic rings. The molecular formula is C64H97N7O13Si2. The van der Waals surface area contributed by atoms with Gasteiger partial charge in [-0.1, -0.05) is 85.2 Å². The summed E-state index contributed by atoms with van der Waals surface area (Å²) in [6.07, 6.45) is 10.3. The highest BCUT2D eigenvalue weighted by Crippen LogP contribution is 2.41. The minimum Gasteiger partial charge on any atom is -0.493 e. The zero-order chi connectivity index (χ0) is 63.9. The fraction of sp³-hybridized carbons (Fsp3) is 0.547. The molecule has 0 bridgehead atoms. The number of carbonyl (C=O) groups is 5. The van der Waals surface area contributed by atoms with Gasteiger partial charge in [0.1, 0.15) is 18.7 Å².